The normalized spacial score (nSPS) is 33.2. The van der Waals surface area contributed by atoms with Crippen LogP contribution in [0.3, 0.4) is 0 Å². The molecule has 0 aliphatic carbocycles. The van der Waals surface area contributed by atoms with Gasteiger partial charge in [0.2, 0.25) is 10.0 Å². The second kappa shape index (κ2) is 4.50. The van der Waals surface area contributed by atoms with Gasteiger partial charge in [0.1, 0.15) is 0 Å². The highest BCUT2D eigenvalue weighted by Gasteiger charge is 2.54. The fourth-order valence-corrected chi connectivity index (χ4v) is 5.03. The van der Waals surface area contributed by atoms with Gasteiger partial charge in [-0.3, -0.25) is 0 Å². The summed E-state index contributed by atoms with van der Waals surface area (Å²) in [7, 11) is -1.43. The zero-order chi connectivity index (χ0) is 12.7. The minimum absolute atomic E-state index is 0.108. The van der Waals surface area contributed by atoms with Crippen LogP contribution in [0.5, 0.6) is 0 Å². The molecule has 6 heteroatoms. The van der Waals surface area contributed by atoms with Gasteiger partial charge < -0.3 is 10.6 Å². The predicted octanol–water partition coefficient (Wildman–Crippen LogP) is -0.166. The molecule has 2 aliphatic rings. The Labute approximate surface area is 104 Å². The van der Waals surface area contributed by atoms with E-state index in [4.69, 9.17) is 5.73 Å². The first-order chi connectivity index (χ1) is 7.92. The minimum atomic E-state index is -3.12. The van der Waals surface area contributed by atoms with Crippen molar-refractivity contribution < 1.29 is 8.42 Å². The van der Waals surface area contributed by atoms with Crippen LogP contribution in [0.2, 0.25) is 0 Å². The van der Waals surface area contributed by atoms with Gasteiger partial charge in [-0.15, -0.1) is 0 Å². The van der Waals surface area contributed by atoms with Gasteiger partial charge in [-0.25, -0.2) is 8.42 Å². The molecule has 2 saturated heterocycles. The second-order valence-electron chi connectivity index (χ2n) is 5.30. The van der Waals surface area contributed by atoms with E-state index >= 15 is 0 Å². The Kier molecular flexibility index (Phi) is 3.51. The van der Waals surface area contributed by atoms with Crippen LogP contribution in [-0.4, -0.2) is 61.6 Å². The van der Waals surface area contributed by atoms with Gasteiger partial charge in [0.05, 0.1) is 11.3 Å². The highest BCUT2D eigenvalue weighted by Crippen LogP contribution is 2.38. The predicted molar refractivity (Wildman–Crippen MR) is 68.2 cm³/mol. The molecule has 0 aromatic carbocycles. The summed E-state index contributed by atoms with van der Waals surface area (Å²) in [5, 5.41) is 0. The number of likely N-dealkylation sites (N-methyl/N-ethyl adjacent to an activating group) is 1. The van der Waals surface area contributed by atoms with Crippen LogP contribution in [0.15, 0.2) is 0 Å². The van der Waals surface area contributed by atoms with Crippen molar-refractivity contribution in [2.45, 2.75) is 37.8 Å². The number of rotatable bonds is 2. The molecule has 0 amide bonds. The summed E-state index contributed by atoms with van der Waals surface area (Å²) in [6, 6.07) is -0.235. The Balaban J connectivity index is 2.12. The molecule has 2 fully saturated rings. The van der Waals surface area contributed by atoms with Crippen molar-refractivity contribution in [1.29, 1.82) is 0 Å². The molecule has 0 saturated carbocycles. The molecular formula is C11H23N3O2S. The third kappa shape index (κ3) is 2.12. The number of hydrogen-bond donors (Lipinski definition) is 1. The van der Waals surface area contributed by atoms with Crippen LogP contribution in [-0.2, 0) is 10.0 Å². The zero-order valence-electron chi connectivity index (χ0n) is 10.7. The molecule has 2 rings (SSSR count). The maximum atomic E-state index is 11.9. The summed E-state index contributed by atoms with van der Waals surface area (Å²) in [6.07, 6.45) is 2.88. The van der Waals surface area contributed by atoms with E-state index in [-0.39, 0.29) is 17.3 Å². The Morgan fingerprint density at radius 3 is 2.35 bits per heavy atom. The van der Waals surface area contributed by atoms with Crippen molar-refractivity contribution in [2.75, 3.05) is 32.4 Å². The lowest BCUT2D eigenvalue weighted by atomic mass is 9.82. The van der Waals surface area contributed by atoms with E-state index in [2.05, 4.69) is 11.8 Å². The number of nitrogens with two attached hydrogens (primary N) is 1. The van der Waals surface area contributed by atoms with Gasteiger partial charge in [-0.2, -0.15) is 4.31 Å². The third-order valence-electron chi connectivity index (χ3n) is 4.39. The molecule has 1 atom stereocenters. The fraction of sp³-hybridized carbons (Fsp3) is 1.00. The van der Waals surface area contributed by atoms with E-state index in [1.165, 1.54) is 0 Å². The Morgan fingerprint density at radius 1 is 1.35 bits per heavy atom. The van der Waals surface area contributed by atoms with Crippen molar-refractivity contribution in [2.24, 2.45) is 5.73 Å². The third-order valence-corrected chi connectivity index (χ3v) is 6.36. The lowest BCUT2D eigenvalue weighted by Gasteiger charge is -2.44. The van der Waals surface area contributed by atoms with Gasteiger partial charge in [0.15, 0.2) is 0 Å². The van der Waals surface area contributed by atoms with E-state index in [1.54, 1.807) is 11.4 Å². The molecule has 0 aromatic heterocycles. The molecule has 1 spiro atoms. The van der Waals surface area contributed by atoms with E-state index in [1.807, 2.05) is 0 Å². The maximum absolute atomic E-state index is 11.9. The lowest BCUT2D eigenvalue weighted by molar-refractivity contribution is 0.0866. The summed E-state index contributed by atoms with van der Waals surface area (Å²) in [6.45, 7) is 5.19. The van der Waals surface area contributed by atoms with E-state index in [0.717, 1.165) is 38.9 Å². The molecular weight excluding hydrogens is 238 g/mol. The van der Waals surface area contributed by atoms with Crippen LogP contribution < -0.4 is 5.73 Å². The molecule has 1 unspecified atom stereocenters. The first-order valence-electron chi connectivity index (χ1n) is 6.37. The van der Waals surface area contributed by atoms with E-state index in [9.17, 15) is 8.42 Å². The molecule has 2 heterocycles. The molecule has 5 nitrogen and oxygen atoms in total. The highest BCUT2D eigenvalue weighted by atomic mass is 32.2. The molecule has 0 radical (unpaired) electrons. The molecule has 2 N–H and O–H groups in total. The van der Waals surface area contributed by atoms with Crippen molar-refractivity contribution in [3.8, 4) is 0 Å². The summed E-state index contributed by atoms with van der Waals surface area (Å²) >= 11 is 0. The van der Waals surface area contributed by atoms with Gasteiger partial charge >= 0.3 is 0 Å². The van der Waals surface area contributed by atoms with Gasteiger partial charge in [-0.1, -0.05) is 6.92 Å². The minimum Gasteiger partial charge on any atom is -0.325 e. The number of piperidine rings is 1. The lowest BCUT2D eigenvalue weighted by Crippen LogP contribution is -2.59. The topological polar surface area (TPSA) is 66.6 Å². The number of sulfonamides is 1. The summed E-state index contributed by atoms with van der Waals surface area (Å²) < 4.78 is 25.3. The Bertz CT molecular complexity index is 374. The summed E-state index contributed by atoms with van der Waals surface area (Å²) in [4.78, 5) is 2.40. The first kappa shape index (κ1) is 13.3. The van der Waals surface area contributed by atoms with E-state index < -0.39 is 10.0 Å². The second-order valence-corrected chi connectivity index (χ2v) is 7.34. The van der Waals surface area contributed by atoms with Crippen molar-refractivity contribution in [1.82, 2.24) is 9.21 Å². The van der Waals surface area contributed by atoms with Crippen LogP contribution >= 0.6 is 0 Å². The zero-order valence-corrected chi connectivity index (χ0v) is 11.5. The summed E-state index contributed by atoms with van der Waals surface area (Å²) in [5.41, 5.74) is 5.77. The van der Waals surface area contributed by atoms with Crippen LogP contribution in [0.4, 0.5) is 0 Å². The van der Waals surface area contributed by atoms with E-state index in [0.29, 0.717) is 0 Å². The number of nitrogens with zero attached hydrogens (tertiary/aromatic N) is 2. The van der Waals surface area contributed by atoms with Gasteiger partial charge in [-0.05, 0) is 38.9 Å². The summed E-state index contributed by atoms with van der Waals surface area (Å²) in [5.74, 6) is 0.108. The molecule has 2 aliphatic heterocycles. The monoisotopic (exact) mass is 261 g/mol. The van der Waals surface area contributed by atoms with Crippen LogP contribution in [0.1, 0.15) is 26.2 Å². The fourth-order valence-electron chi connectivity index (χ4n) is 3.17. The first-order valence-corrected chi connectivity index (χ1v) is 7.98. The van der Waals surface area contributed by atoms with Crippen LogP contribution in [0.25, 0.3) is 0 Å². The average molecular weight is 261 g/mol. The quantitative estimate of drug-likeness (QED) is 0.750. The van der Waals surface area contributed by atoms with Gasteiger partial charge in [0.25, 0.3) is 0 Å². The number of likely N-dealkylation sites (tertiary alicyclic amines) is 1. The molecule has 0 aromatic rings. The molecule has 0 bridgehead atoms. The maximum Gasteiger partial charge on any atom is 0.216 e. The largest absolute Gasteiger partial charge is 0.325 e. The standard InChI is InChI=1S/C11H23N3O2S/c1-3-6-14-7-4-11(5-8-14)10(12)9-17(15,16)13(11)2/h10H,3-9,12H2,1-2H3. The molecule has 17 heavy (non-hydrogen) atoms. The Hall–Kier alpha value is -0.170. The smallest absolute Gasteiger partial charge is 0.216 e. The van der Waals surface area contributed by atoms with Crippen molar-refractivity contribution in [3.63, 3.8) is 0 Å². The number of hydrogen-bond acceptors (Lipinski definition) is 4. The van der Waals surface area contributed by atoms with Crippen molar-refractivity contribution in [3.05, 3.63) is 0 Å². The Morgan fingerprint density at radius 2 is 1.94 bits per heavy atom. The van der Waals surface area contributed by atoms with Crippen LogP contribution in [0, 0.1) is 0 Å². The van der Waals surface area contributed by atoms with Crippen molar-refractivity contribution >= 4 is 10.0 Å². The SMILES string of the molecule is CCCN1CCC2(CC1)C(N)CS(=O)(=O)N2C. The highest BCUT2D eigenvalue weighted by molar-refractivity contribution is 7.89. The molecule has 100 valence electrons. The average Bonchev–Trinajstić information content (AvgIpc) is 2.43. The van der Waals surface area contributed by atoms with Gasteiger partial charge in [0, 0.05) is 13.1 Å².